The minimum absolute atomic E-state index is 0.239. The Morgan fingerprint density at radius 3 is 2.00 bits per heavy atom. The summed E-state index contributed by atoms with van der Waals surface area (Å²) in [6.45, 7) is 22.5. The molecule has 0 radical (unpaired) electrons. The molecule has 0 amide bonds. The zero-order valence-electron chi connectivity index (χ0n) is 18.4. The summed E-state index contributed by atoms with van der Waals surface area (Å²) < 4.78 is 0. The molecule has 27 heavy (non-hydrogen) atoms. The van der Waals surface area contributed by atoms with Crippen molar-refractivity contribution in [2.75, 3.05) is 13.6 Å². The molecule has 2 bridgehead atoms. The molecular weight excluding hydrogens is 328 g/mol. The number of fused-ring (bicyclic) bond motifs is 3. The maximum Gasteiger partial charge on any atom is 0.0599 e. The van der Waals surface area contributed by atoms with Gasteiger partial charge in [-0.25, -0.2) is 0 Å². The van der Waals surface area contributed by atoms with Gasteiger partial charge in [-0.15, -0.1) is 0 Å². The number of nitrogens with one attached hydrogen (secondary N) is 1. The van der Waals surface area contributed by atoms with Gasteiger partial charge in [0.1, 0.15) is 0 Å². The fourth-order valence-corrected chi connectivity index (χ4v) is 4.67. The van der Waals surface area contributed by atoms with Gasteiger partial charge in [-0.3, -0.25) is 0 Å². The van der Waals surface area contributed by atoms with Crippen LogP contribution in [0, 0.1) is 10.8 Å². The van der Waals surface area contributed by atoms with Crippen LogP contribution < -0.4 is 5.32 Å². The van der Waals surface area contributed by atoms with Gasteiger partial charge < -0.3 is 10.2 Å². The molecule has 2 nitrogen and oxygen atoms in total. The molecule has 0 heterocycles. The summed E-state index contributed by atoms with van der Waals surface area (Å²) in [4.78, 5) is 2.25. The number of hydrogen-bond donors (Lipinski definition) is 1. The molecule has 3 aliphatic carbocycles. The summed E-state index contributed by atoms with van der Waals surface area (Å²) in [5.74, 6) is 0. The molecule has 0 spiro atoms. The van der Waals surface area contributed by atoms with Crippen LogP contribution in [-0.4, -0.2) is 18.5 Å². The lowest BCUT2D eigenvalue weighted by atomic mass is 9.52. The maximum absolute atomic E-state index is 4.52. The molecule has 0 aromatic heterocycles. The van der Waals surface area contributed by atoms with E-state index in [2.05, 4.69) is 76.8 Å². The van der Waals surface area contributed by atoms with Gasteiger partial charge in [0, 0.05) is 24.7 Å². The van der Waals surface area contributed by atoms with E-state index in [0.717, 1.165) is 29.9 Å². The van der Waals surface area contributed by atoms with Crippen molar-refractivity contribution in [1.29, 1.82) is 0 Å². The monoisotopic (exact) mass is 368 g/mol. The second-order valence-corrected chi connectivity index (χ2v) is 9.17. The van der Waals surface area contributed by atoms with Gasteiger partial charge >= 0.3 is 0 Å². The first-order valence-electron chi connectivity index (χ1n) is 10.5. The third-order valence-electron chi connectivity index (χ3n) is 6.75. The van der Waals surface area contributed by atoms with Gasteiger partial charge in [0.05, 0.1) is 11.4 Å². The summed E-state index contributed by atoms with van der Waals surface area (Å²) >= 11 is 0. The van der Waals surface area contributed by atoms with Crippen molar-refractivity contribution in [3.63, 3.8) is 0 Å². The van der Waals surface area contributed by atoms with E-state index in [9.17, 15) is 0 Å². The van der Waals surface area contributed by atoms with Crippen molar-refractivity contribution in [3.05, 3.63) is 60.1 Å². The highest BCUT2D eigenvalue weighted by Gasteiger charge is 2.48. The molecule has 3 aliphatic rings. The van der Waals surface area contributed by atoms with Crippen molar-refractivity contribution >= 4 is 0 Å². The number of rotatable bonds is 9. The highest BCUT2D eigenvalue weighted by Crippen LogP contribution is 2.59. The van der Waals surface area contributed by atoms with E-state index in [-0.39, 0.29) is 5.41 Å². The topological polar surface area (TPSA) is 15.3 Å². The van der Waals surface area contributed by atoms with E-state index in [1.54, 1.807) is 0 Å². The van der Waals surface area contributed by atoms with E-state index < -0.39 is 0 Å². The Hall–Kier alpha value is -1.70. The molecule has 1 N–H and O–H groups in total. The highest BCUT2D eigenvalue weighted by molar-refractivity contribution is 5.34. The van der Waals surface area contributed by atoms with Crippen LogP contribution in [0.2, 0.25) is 0 Å². The molecule has 3 rings (SSSR count). The lowest BCUT2D eigenvalue weighted by Crippen LogP contribution is -2.44. The van der Waals surface area contributed by atoms with Crippen LogP contribution in [-0.2, 0) is 0 Å². The molecule has 2 heteroatoms. The molecule has 0 atom stereocenters. The SMILES string of the molecule is C=C(C)/C=C/C12CCC(C(=C)NC(C(=C)N(C)CCC)=C(C)C)(CC1)CC2. The summed E-state index contributed by atoms with van der Waals surface area (Å²) in [5, 5.41) is 3.72. The average Bonchev–Trinajstić information content (AvgIpc) is 2.65. The molecule has 3 fully saturated rings. The molecule has 0 saturated heterocycles. The van der Waals surface area contributed by atoms with Crippen LogP contribution in [0.1, 0.15) is 72.6 Å². The lowest BCUT2D eigenvalue weighted by Gasteiger charge is -2.53. The average molecular weight is 369 g/mol. The smallest absolute Gasteiger partial charge is 0.0599 e. The van der Waals surface area contributed by atoms with E-state index in [0.29, 0.717) is 5.41 Å². The molecule has 150 valence electrons. The van der Waals surface area contributed by atoms with Crippen LogP contribution >= 0.6 is 0 Å². The Morgan fingerprint density at radius 2 is 1.56 bits per heavy atom. The first-order valence-corrected chi connectivity index (χ1v) is 10.5. The van der Waals surface area contributed by atoms with Crippen molar-refractivity contribution in [2.45, 2.75) is 72.6 Å². The Morgan fingerprint density at radius 1 is 1.00 bits per heavy atom. The van der Waals surface area contributed by atoms with E-state index in [4.69, 9.17) is 0 Å². The lowest BCUT2D eigenvalue weighted by molar-refractivity contribution is 0.0455. The van der Waals surface area contributed by atoms with Gasteiger partial charge in [-0.2, -0.15) is 0 Å². The summed E-state index contributed by atoms with van der Waals surface area (Å²) in [6.07, 6.45) is 13.3. The Labute approximate surface area is 167 Å². The van der Waals surface area contributed by atoms with Crippen LogP contribution in [0.5, 0.6) is 0 Å². The van der Waals surface area contributed by atoms with Crippen molar-refractivity contribution < 1.29 is 0 Å². The van der Waals surface area contributed by atoms with E-state index >= 15 is 0 Å². The second kappa shape index (κ2) is 8.54. The first-order chi connectivity index (χ1) is 12.6. The van der Waals surface area contributed by atoms with Crippen LogP contribution in [0.15, 0.2) is 60.1 Å². The maximum atomic E-state index is 4.52. The summed E-state index contributed by atoms with van der Waals surface area (Å²) in [5.41, 5.74) is 6.47. The predicted molar refractivity (Wildman–Crippen MR) is 119 cm³/mol. The normalized spacial score (nSPS) is 26.7. The molecular formula is C25H40N2. The highest BCUT2D eigenvalue weighted by atomic mass is 15.1. The summed E-state index contributed by atoms with van der Waals surface area (Å²) in [6, 6.07) is 0. The number of nitrogens with zero attached hydrogens (tertiary/aromatic N) is 1. The molecule has 0 aromatic carbocycles. The largest absolute Gasteiger partial charge is 0.373 e. The molecule has 0 aliphatic heterocycles. The third kappa shape index (κ3) is 4.78. The fourth-order valence-electron chi connectivity index (χ4n) is 4.67. The standard InChI is InChI=1S/C25H40N2/c1-9-18-27(8)21(6)23(20(4)5)26-22(7)25-15-12-24(13-16-25,14-17-25)11-10-19(2)3/h10-11,26H,2,6-7,9,12-18H2,1,3-5,8H3/b11-10+. The minimum atomic E-state index is 0.239. The first kappa shape index (κ1) is 21.6. The molecule has 0 aromatic rings. The van der Waals surface area contributed by atoms with E-state index in [1.165, 1.54) is 49.8 Å². The van der Waals surface area contributed by atoms with Gasteiger partial charge in [0.25, 0.3) is 0 Å². The molecule has 3 saturated carbocycles. The fraction of sp³-hybridized carbons (Fsp3) is 0.600. The van der Waals surface area contributed by atoms with Gasteiger partial charge in [0.2, 0.25) is 0 Å². The van der Waals surface area contributed by atoms with Crippen LogP contribution in [0.3, 0.4) is 0 Å². The quantitative estimate of drug-likeness (QED) is 0.455. The Bertz CT molecular complexity index is 633. The van der Waals surface area contributed by atoms with Gasteiger partial charge in [-0.05, 0) is 71.1 Å². The van der Waals surface area contributed by atoms with E-state index in [1.807, 2.05) is 0 Å². The van der Waals surface area contributed by atoms with Crippen molar-refractivity contribution in [3.8, 4) is 0 Å². The second-order valence-electron chi connectivity index (χ2n) is 9.17. The third-order valence-corrected chi connectivity index (χ3v) is 6.75. The Kier molecular flexibility index (Phi) is 6.83. The van der Waals surface area contributed by atoms with Crippen LogP contribution in [0.4, 0.5) is 0 Å². The molecule has 0 unspecified atom stereocenters. The number of hydrogen-bond acceptors (Lipinski definition) is 2. The zero-order valence-corrected chi connectivity index (χ0v) is 18.4. The van der Waals surface area contributed by atoms with Crippen molar-refractivity contribution in [2.24, 2.45) is 10.8 Å². The Balaban J connectivity index is 2.09. The number of allylic oxidation sites excluding steroid dienone is 5. The zero-order chi connectivity index (χ0) is 20.2. The predicted octanol–water partition coefficient (Wildman–Crippen LogP) is 6.71. The van der Waals surface area contributed by atoms with Crippen molar-refractivity contribution in [1.82, 2.24) is 10.2 Å². The van der Waals surface area contributed by atoms with Gasteiger partial charge in [0.15, 0.2) is 0 Å². The van der Waals surface area contributed by atoms with Gasteiger partial charge in [-0.1, -0.05) is 50.0 Å². The number of likely N-dealkylation sites (N-methyl/N-ethyl adjacent to an activating group) is 1. The van der Waals surface area contributed by atoms with Crippen LogP contribution in [0.25, 0.3) is 0 Å². The minimum Gasteiger partial charge on any atom is -0.373 e. The summed E-state index contributed by atoms with van der Waals surface area (Å²) in [7, 11) is 2.13.